The highest BCUT2D eigenvalue weighted by Crippen LogP contribution is 2.28. The fourth-order valence-electron chi connectivity index (χ4n) is 13.6. The molecule has 1 aliphatic heterocycles. The highest BCUT2D eigenvalue weighted by molar-refractivity contribution is 7.99. The van der Waals surface area contributed by atoms with Gasteiger partial charge in [0.1, 0.15) is 72.2 Å². The van der Waals surface area contributed by atoms with E-state index >= 15 is 28.8 Å². The van der Waals surface area contributed by atoms with E-state index < -0.39 is 217 Å². The van der Waals surface area contributed by atoms with Crippen LogP contribution in [0.3, 0.4) is 0 Å². The Morgan fingerprint density at radius 2 is 1.14 bits per heavy atom. The van der Waals surface area contributed by atoms with Crippen LogP contribution in [0.2, 0.25) is 0 Å². The van der Waals surface area contributed by atoms with Gasteiger partial charge in [0.15, 0.2) is 0 Å². The molecule has 17 amide bonds. The minimum absolute atomic E-state index is 0.116. The van der Waals surface area contributed by atoms with Gasteiger partial charge >= 0.3 is 0 Å². The number of carbonyl (C=O) groups is 17. The van der Waals surface area contributed by atoms with E-state index in [1.165, 1.54) is 14.0 Å². The monoisotopic (exact) mass is 1640 g/mol. The summed E-state index contributed by atoms with van der Waals surface area (Å²) >= 11 is 0.946. The van der Waals surface area contributed by atoms with E-state index in [1.54, 1.807) is 79.0 Å². The van der Waals surface area contributed by atoms with Gasteiger partial charge < -0.3 is 107 Å². The molecule has 2 aliphatic rings. The first kappa shape index (κ1) is 92.0. The number of unbranched alkanes of at least 4 members (excludes halogenated alkanes) is 1. The maximum Gasteiger partial charge on any atom is 0.245 e. The fraction of sp³-hybridized carbons (Fsp3) is 0.481. The molecule has 1 aliphatic carbocycles. The normalized spacial score (nSPS) is 19.5. The maximum atomic E-state index is 15.7. The van der Waals surface area contributed by atoms with Crippen molar-refractivity contribution in [2.45, 2.75) is 202 Å². The predicted molar refractivity (Wildman–Crippen MR) is 429 cm³/mol. The molecule has 2 fully saturated rings. The standard InChI is InChI=1S/C79H106N18O19S/c1-42(98)67-78(114)94-60(37-50-39-85-53-19-11-10-18-52(50)53)75(111)89-55(27-29-63(80)101)71(107)95-62(41-117-33-31-57(87-44(3)100)72(108)88-56(73(109)96-67)28-30-64(81)102)77(113)92-58(35-45-22-25-51(116-4)26-23-45)74(110)91-59(36-46-21-24-47-14-8-9-17-49(47)34-46)76(112)97-68(48-15-6-5-7-16-48)79(115)90-54(20-12-13-32-84-43(2)99)70(106)93-61(38-65(82)103)69(105)86-40-66(83)104/h8-11,14,17-19,21-26,34,39,42,48,54-62,67-68,85,98H,5-7,12-13,15-16,20,27-33,35-38,40-41H2,1-4H3,(H2,80,101)(H2,81,102)(H2,82,103)(H2,83,104)(H,84,99)(H,86,105)(H,87,100)(H,88,108)(H,89,111)(H,90,115)(H,91,110)(H,92,113)(H,93,106)(H,94,114)(H,95,107)(H,96,109)(H,97,112)/t42-,54+,55+,56+,57+,58+,59+,60+,61+,62+,67+,68+/m1/s1. The number of aromatic amines is 1. The van der Waals surface area contributed by atoms with Gasteiger partial charge in [-0.3, -0.25) is 81.5 Å². The first-order valence-electron chi connectivity index (χ1n) is 38.6. The Morgan fingerprint density at radius 1 is 0.556 bits per heavy atom. The molecule has 117 heavy (non-hydrogen) atoms. The van der Waals surface area contributed by atoms with E-state index in [2.05, 4.69) is 74.1 Å². The summed E-state index contributed by atoms with van der Waals surface area (Å²) in [5, 5.41) is 47.1. The second-order valence-electron chi connectivity index (χ2n) is 29.1. The van der Waals surface area contributed by atoms with Crippen LogP contribution in [0.15, 0.2) is 97.2 Å². The number of methoxy groups -OCH3 is 1. The van der Waals surface area contributed by atoms with Crippen LogP contribution >= 0.6 is 11.8 Å². The number of ether oxygens (including phenoxy) is 1. The van der Waals surface area contributed by atoms with Crippen molar-refractivity contribution in [2.75, 3.05) is 31.7 Å². The molecule has 0 spiro atoms. The molecule has 2 heterocycles. The molecule has 38 heteroatoms. The number of nitrogens with two attached hydrogens (primary N) is 4. The minimum Gasteiger partial charge on any atom is -0.497 e. The average molecular weight is 1640 g/mol. The third kappa shape index (κ3) is 29.8. The number of hydrogen-bond donors (Lipinski definition) is 19. The molecule has 1 aromatic heterocycles. The van der Waals surface area contributed by atoms with Gasteiger partial charge in [0.2, 0.25) is 100 Å². The van der Waals surface area contributed by atoms with Crippen LogP contribution in [-0.4, -0.2) is 215 Å². The quantitative estimate of drug-likeness (QED) is 0.0179. The van der Waals surface area contributed by atoms with Gasteiger partial charge in [0, 0.05) is 75.3 Å². The van der Waals surface area contributed by atoms with Gasteiger partial charge in [-0.25, -0.2) is 0 Å². The highest BCUT2D eigenvalue weighted by Gasteiger charge is 2.40. The SMILES string of the molecule is COc1ccc(C[C@H](NC(=O)[C@@H]2CSCC[C@H](NC(C)=O)C(=O)N[C@@H](CCC(N)=O)C(=O)N[C@@H]([C@@H](C)O)C(=O)N[C@@H](Cc3c[nH]c4ccccc34)C(=O)N[C@@H](CCC(N)=O)C(=O)N2)C(=O)N[C@@H](Cc2ccc3ccccc3c2)C(=O)N[C@H](C(=O)N[C@@H](CCCCNC(C)=O)C(=O)N[C@@H](CC(N)=O)C(=O)NCC(N)=O)C2CCCCC2)cc1. The lowest BCUT2D eigenvalue weighted by Crippen LogP contribution is -2.62. The fourth-order valence-corrected chi connectivity index (χ4v) is 14.6. The molecule has 5 aromatic rings. The lowest BCUT2D eigenvalue weighted by atomic mass is 9.83. The molecular weight excluding hydrogens is 1540 g/mol. The number of amides is 17. The number of primary amides is 4. The Bertz CT molecular complexity index is 4400. The van der Waals surface area contributed by atoms with Crippen LogP contribution in [0.25, 0.3) is 21.7 Å². The summed E-state index contributed by atoms with van der Waals surface area (Å²) in [6.07, 6.45) is -0.846. The van der Waals surface area contributed by atoms with Crippen LogP contribution in [-0.2, 0) is 101 Å². The number of rotatable bonds is 36. The van der Waals surface area contributed by atoms with Gasteiger partial charge in [-0.2, -0.15) is 11.8 Å². The number of nitrogens with one attached hydrogen (secondary N) is 14. The van der Waals surface area contributed by atoms with Crippen molar-refractivity contribution in [2.24, 2.45) is 28.9 Å². The molecule has 23 N–H and O–H groups in total. The number of carbonyl (C=O) groups excluding carboxylic acids is 17. The van der Waals surface area contributed by atoms with Crippen LogP contribution in [0.4, 0.5) is 0 Å². The van der Waals surface area contributed by atoms with E-state index in [0.717, 1.165) is 42.8 Å². The molecular formula is C79H106N18O19S. The summed E-state index contributed by atoms with van der Waals surface area (Å²) < 4.78 is 5.43. The lowest BCUT2D eigenvalue weighted by Gasteiger charge is -2.33. The van der Waals surface area contributed by atoms with Crippen LogP contribution in [0.5, 0.6) is 5.75 Å². The van der Waals surface area contributed by atoms with E-state index in [-0.39, 0.29) is 56.7 Å². The number of thioether (sulfide) groups is 1. The van der Waals surface area contributed by atoms with Crippen molar-refractivity contribution < 1.29 is 91.4 Å². The van der Waals surface area contributed by atoms with E-state index in [0.29, 0.717) is 65.4 Å². The molecule has 4 aromatic carbocycles. The summed E-state index contributed by atoms with van der Waals surface area (Å²) in [6.45, 7) is 3.09. The average Bonchev–Trinajstić information content (AvgIpc) is 1.80. The number of aliphatic hydroxyl groups is 1. The zero-order valence-electron chi connectivity index (χ0n) is 65.6. The zero-order chi connectivity index (χ0) is 85.4. The number of aromatic nitrogens is 1. The summed E-state index contributed by atoms with van der Waals surface area (Å²) in [6, 6.07) is 7.96. The topological polar surface area (TPSA) is 596 Å². The second kappa shape index (κ2) is 45.8. The minimum atomic E-state index is -1.88. The van der Waals surface area contributed by atoms with Gasteiger partial charge in [-0.1, -0.05) is 92.1 Å². The first-order valence-corrected chi connectivity index (χ1v) is 39.8. The molecule has 1 saturated carbocycles. The van der Waals surface area contributed by atoms with Gasteiger partial charge in [0.25, 0.3) is 0 Å². The molecule has 0 unspecified atom stereocenters. The summed E-state index contributed by atoms with van der Waals surface area (Å²) in [4.78, 5) is 240. The van der Waals surface area contributed by atoms with Crippen molar-refractivity contribution in [1.29, 1.82) is 0 Å². The lowest BCUT2D eigenvalue weighted by molar-refractivity contribution is -0.137. The van der Waals surface area contributed by atoms with Crippen molar-refractivity contribution in [3.63, 3.8) is 0 Å². The Balaban J connectivity index is 1.29. The van der Waals surface area contributed by atoms with E-state index in [4.69, 9.17) is 27.7 Å². The molecule has 37 nitrogen and oxygen atoms in total. The van der Waals surface area contributed by atoms with Gasteiger partial charge in [-0.05, 0) is 116 Å². The number of fused-ring (bicyclic) bond motifs is 2. The van der Waals surface area contributed by atoms with Gasteiger partial charge in [0.05, 0.1) is 26.2 Å². The Hall–Kier alpha value is -12.2. The second-order valence-corrected chi connectivity index (χ2v) is 30.2. The third-order valence-corrected chi connectivity index (χ3v) is 20.9. The number of para-hydroxylation sites is 1. The zero-order valence-corrected chi connectivity index (χ0v) is 66.4. The third-order valence-electron chi connectivity index (χ3n) is 19.8. The predicted octanol–water partition coefficient (Wildman–Crippen LogP) is -2.88. The molecule has 632 valence electrons. The number of H-pyrrole nitrogens is 1. The summed E-state index contributed by atoms with van der Waals surface area (Å²) in [5.74, 6) is -16.7. The molecule has 7 rings (SSSR count). The number of hydrogen-bond acceptors (Lipinski definition) is 20. The van der Waals surface area contributed by atoms with E-state index in [9.17, 15) is 57.8 Å². The molecule has 0 bridgehead atoms. The summed E-state index contributed by atoms with van der Waals surface area (Å²) in [7, 11) is 1.43. The van der Waals surface area contributed by atoms with Crippen molar-refractivity contribution >= 4 is 134 Å². The first-order chi connectivity index (χ1) is 55.7. The van der Waals surface area contributed by atoms with Crippen molar-refractivity contribution in [3.05, 3.63) is 114 Å². The molecule has 0 radical (unpaired) electrons. The number of benzene rings is 4. The van der Waals surface area contributed by atoms with Crippen LogP contribution in [0.1, 0.15) is 127 Å². The van der Waals surface area contributed by atoms with Crippen molar-refractivity contribution in [1.82, 2.24) is 74.1 Å². The maximum absolute atomic E-state index is 15.7. The number of aliphatic hydroxyl groups excluding tert-OH is 1. The largest absolute Gasteiger partial charge is 0.497 e. The molecule has 12 atom stereocenters. The smallest absolute Gasteiger partial charge is 0.245 e. The Morgan fingerprint density at radius 3 is 1.78 bits per heavy atom. The van der Waals surface area contributed by atoms with Gasteiger partial charge in [-0.15, -0.1) is 0 Å². The highest BCUT2D eigenvalue weighted by atomic mass is 32.2. The van der Waals surface area contributed by atoms with Crippen molar-refractivity contribution in [3.8, 4) is 5.75 Å². The summed E-state index contributed by atoms with van der Waals surface area (Å²) in [5.41, 5.74) is 23.9. The van der Waals surface area contributed by atoms with Crippen LogP contribution in [0, 0.1) is 5.92 Å². The molecule has 1 saturated heterocycles. The Labute approximate surface area is 678 Å². The van der Waals surface area contributed by atoms with E-state index in [1.807, 2.05) is 18.2 Å². The van der Waals surface area contributed by atoms with Crippen LogP contribution < -0.4 is 96.8 Å². The Kier molecular flexibility index (Phi) is 36.0.